The smallest absolute Gasteiger partial charge is 0.344 e. The van der Waals surface area contributed by atoms with Gasteiger partial charge in [0.15, 0.2) is 0 Å². The number of ether oxygens (including phenoxy) is 2. The highest BCUT2D eigenvalue weighted by Crippen LogP contribution is 2.26. The van der Waals surface area contributed by atoms with Crippen LogP contribution >= 0.6 is 0 Å². The van der Waals surface area contributed by atoms with Crippen molar-refractivity contribution in [3.8, 4) is 22.6 Å². The van der Waals surface area contributed by atoms with E-state index in [1.807, 2.05) is 24.3 Å². The van der Waals surface area contributed by atoms with E-state index < -0.39 is 5.63 Å². The molecule has 1 heterocycles. The van der Waals surface area contributed by atoms with Crippen LogP contribution in [-0.2, 0) is 4.79 Å². The second-order valence-corrected chi connectivity index (χ2v) is 6.91. The monoisotopic (exact) mass is 394 g/mol. The Morgan fingerprint density at radius 3 is 2.41 bits per heavy atom. The molecule has 3 aromatic rings. The van der Waals surface area contributed by atoms with Gasteiger partial charge in [-0.2, -0.15) is 0 Å². The zero-order valence-corrected chi connectivity index (χ0v) is 16.9. The Morgan fingerprint density at radius 1 is 0.931 bits per heavy atom. The third-order valence-electron chi connectivity index (χ3n) is 4.66. The van der Waals surface area contributed by atoms with Crippen molar-refractivity contribution < 1.29 is 18.7 Å². The quantitative estimate of drug-likeness (QED) is 0.201. The molecule has 0 unspecified atom stereocenters. The molecule has 0 bridgehead atoms. The highest BCUT2D eigenvalue weighted by Gasteiger charge is 2.10. The first-order valence-electron chi connectivity index (χ1n) is 10.1. The fraction of sp³-hybridized carbons (Fsp3) is 0.333. The molecule has 2 aromatic carbocycles. The molecule has 0 fully saturated rings. The first-order valence-corrected chi connectivity index (χ1v) is 10.1. The second-order valence-electron chi connectivity index (χ2n) is 6.91. The van der Waals surface area contributed by atoms with E-state index in [-0.39, 0.29) is 12.4 Å². The summed E-state index contributed by atoms with van der Waals surface area (Å²) in [5, 5.41) is 0.757. The van der Waals surface area contributed by atoms with Gasteiger partial charge in [-0.1, -0.05) is 45.2 Å². The van der Waals surface area contributed by atoms with Gasteiger partial charge in [0, 0.05) is 17.9 Å². The molecule has 152 valence electrons. The summed E-state index contributed by atoms with van der Waals surface area (Å²) in [6, 6.07) is 14.3. The second kappa shape index (κ2) is 9.92. The van der Waals surface area contributed by atoms with Crippen molar-refractivity contribution in [2.75, 3.05) is 6.61 Å². The maximum atomic E-state index is 12.5. The van der Waals surface area contributed by atoms with Crippen molar-refractivity contribution in [3.05, 3.63) is 59.0 Å². The number of hydrogen-bond acceptors (Lipinski definition) is 5. The summed E-state index contributed by atoms with van der Waals surface area (Å²) < 4.78 is 16.4. The largest absolute Gasteiger partial charge is 0.494 e. The van der Waals surface area contributed by atoms with Crippen LogP contribution in [0.2, 0.25) is 0 Å². The lowest BCUT2D eigenvalue weighted by molar-refractivity contribution is -0.134. The predicted octanol–water partition coefficient (Wildman–Crippen LogP) is 5.73. The standard InChI is InChI=1S/C24H26O5/c1-3-5-6-7-14-27-19-11-8-17(9-12-19)21-15-18-10-13-20(28-23(25)4-2)16-22(18)29-24(21)26/h8-13,15-16H,3-7,14H2,1-2H3. The number of rotatable bonds is 9. The molecule has 0 aliphatic heterocycles. The molecular weight excluding hydrogens is 368 g/mol. The average molecular weight is 394 g/mol. The van der Waals surface area contributed by atoms with Gasteiger partial charge in [-0.25, -0.2) is 4.79 Å². The topological polar surface area (TPSA) is 65.7 Å². The molecule has 29 heavy (non-hydrogen) atoms. The zero-order chi connectivity index (χ0) is 20.6. The summed E-state index contributed by atoms with van der Waals surface area (Å²) in [5.74, 6) is 0.814. The van der Waals surface area contributed by atoms with Crippen molar-refractivity contribution in [3.63, 3.8) is 0 Å². The first-order chi connectivity index (χ1) is 14.1. The molecule has 3 rings (SSSR count). The molecule has 0 saturated carbocycles. The summed E-state index contributed by atoms with van der Waals surface area (Å²) >= 11 is 0. The minimum absolute atomic E-state index is 0.277. The molecule has 5 nitrogen and oxygen atoms in total. The lowest BCUT2D eigenvalue weighted by Crippen LogP contribution is -2.06. The molecule has 1 aromatic heterocycles. The Bertz CT molecular complexity index is 1020. The minimum atomic E-state index is -0.440. The van der Waals surface area contributed by atoms with Gasteiger partial charge >= 0.3 is 11.6 Å². The number of unbranched alkanes of at least 4 members (excludes halogenated alkanes) is 3. The van der Waals surface area contributed by atoms with Crippen LogP contribution in [0.15, 0.2) is 57.7 Å². The van der Waals surface area contributed by atoms with E-state index in [2.05, 4.69) is 6.92 Å². The van der Waals surface area contributed by atoms with Crippen LogP contribution in [0, 0.1) is 0 Å². The maximum absolute atomic E-state index is 12.5. The first kappa shape index (κ1) is 20.6. The number of hydrogen-bond donors (Lipinski definition) is 0. The van der Waals surface area contributed by atoms with Crippen molar-refractivity contribution in [1.29, 1.82) is 0 Å². The van der Waals surface area contributed by atoms with Crippen LogP contribution in [0.1, 0.15) is 46.0 Å². The molecule has 0 N–H and O–H groups in total. The van der Waals surface area contributed by atoms with Crippen LogP contribution in [0.5, 0.6) is 11.5 Å². The van der Waals surface area contributed by atoms with Gasteiger partial charge < -0.3 is 13.9 Å². The van der Waals surface area contributed by atoms with Gasteiger partial charge in [0.25, 0.3) is 0 Å². The molecule has 0 spiro atoms. The number of esters is 1. The Kier molecular flexibility index (Phi) is 7.06. The number of benzene rings is 2. The molecular formula is C24H26O5. The van der Waals surface area contributed by atoms with Crippen LogP contribution in [0.25, 0.3) is 22.1 Å². The normalized spacial score (nSPS) is 10.8. The van der Waals surface area contributed by atoms with Crippen molar-refractivity contribution in [2.24, 2.45) is 0 Å². The van der Waals surface area contributed by atoms with Crippen LogP contribution in [0.3, 0.4) is 0 Å². The Hall–Kier alpha value is -3.08. The van der Waals surface area contributed by atoms with Crippen LogP contribution < -0.4 is 15.1 Å². The van der Waals surface area contributed by atoms with E-state index in [9.17, 15) is 9.59 Å². The van der Waals surface area contributed by atoms with Crippen molar-refractivity contribution in [1.82, 2.24) is 0 Å². The van der Waals surface area contributed by atoms with Gasteiger partial charge in [0.05, 0.1) is 12.2 Å². The van der Waals surface area contributed by atoms with Gasteiger partial charge in [-0.3, -0.25) is 4.79 Å². The summed E-state index contributed by atoms with van der Waals surface area (Å²) in [6.45, 7) is 4.60. The summed E-state index contributed by atoms with van der Waals surface area (Å²) in [4.78, 5) is 23.9. The molecule has 0 saturated heterocycles. The Labute approximate surface area is 170 Å². The SMILES string of the molecule is CCCCCCOc1ccc(-c2cc3ccc(OC(=O)CC)cc3oc2=O)cc1. The van der Waals surface area contributed by atoms with E-state index in [0.717, 1.165) is 23.1 Å². The molecule has 0 radical (unpaired) electrons. The van der Waals surface area contributed by atoms with Crippen molar-refractivity contribution >= 4 is 16.9 Å². The molecule has 0 aliphatic carbocycles. The fourth-order valence-corrected chi connectivity index (χ4v) is 3.01. The minimum Gasteiger partial charge on any atom is -0.494 e. The highest BCUT2D eigenvalue weighted by atomic mass is 16.5. The lowest BCUT2D eigenvalue weighted by atomic mass is 10.1. The Morgan fingerprint density at radius 2 is 1.69 bits per heavy atom. The predicted molar refractivity (Wildman–Crippen MR) is 113 cm³/mol. The average Bonchev–Trinajstić information content (AvgIpc) is 2.73. The maximum Gasteiger partial charge on any atom is 0.344 e. The van der Waals surface area contributed by atoms with Gasteiger partial charge in [-0.15, -0.1) is 0 Å². The molecule has 5 heteroatoms. The molecule has 0 atom stereocenters. The molecule has 0 aliphatic rings. The zero-order valence-electron chi connectivity index (χ0n) is 16.9. The van der Waals surface area contributed by atoms with Crippen LogP contribution in [0.4, 0.5) is 0 Å². The van der Waals surface area contributed by atoms with E-state index in [4.69, 9.17) is 13.9 Å². The number of fused-ring (bicyclic) bond motifs is 1. The summed E-state index contributed by atoms with van der Waals surface area (Å²) in [6.07, 6.45) is 4.92. The van der Waals surface area contributed by atoms with E-state index in [1.54, 1.807) is 31.2 Å². The van der Waals surface area contributed by atoms with E-state index in [0.29, 0.717) is 23.5 Å². The van der Waals surface area contributed by atoms with Crippen molar-refractivity contribution in [2.45, 2.75) is 46.0 Å². The van der Waals surface area contributed by atoms with Gasteiger partial charge in [0.2, 0.25) is 0 Å². The highest BCUT2D eigenvalue weighted by molar-refractivity contribution is 5.83. The Balaban J connectivity index is 1.75. The third kappa shape index (κ3) is 5.47. The fourth-order valence-electron chi connectivity index (χ4n) is 3.01. The lowest BCUT2D eigenvalue weighted by Gasteiger charge is -2.08. The number of carbonyl (C=O) groups excluding carboxylic acids is 1. The van der Waals surface area contributed by atoms with Gasteiger partial charge in [0.1, 0.15) is 17.1 Å². The summed E-state index contributed by atoms with van der Waals surface area (Å²) in [7, 11) is 0. The number of carbonyl (C=O) groups is 1. The van der Waals surface area contributed by atoms with Crippen LogP contribution in [-0.4, -0.2) is 12.6 Å². The molecule has 0 amide bonds. The van der Waals surface area contributed by atoms with Gasteiger partial charge in [-0.05, 0) is 42.3 Å². The van der Waals surface area contributed by atoms with E-state index >= 15 is 0 Å². The van der Waals surface area contributed by atoms with E-state index in [1.165, 1.54) is 19.3 Å². The third-order valence-corrected chi connectivity index (χ3v) is 4.66. The summed E-state index contributed by atoms with van der Waals surface area (Å²) in [5.41, 5.74) is 1.18.